The number of pyridine rings is 1. The monoisotopic (exact) mass is 476 g/mol. The van der Waals surface area contributed by atoms with E-state index in [2.05, 4.69) is 25.9 Å². The van der Waals surface area contributed by atoms with Gasteiger partial charge in [0, 0.05) is 16.7 Å². The summed E-state index contributed by atoms with van der Waals surface area (Å²) in [4.78, 5) is 20.1. The van der Waals surface area contributed by atoms with Crippen LogP contribution in [0.4, 0.5) is 11.5 Å². The lowest BCUT2D eigenvalue weighted by Crippen LogP contribution is -1.90. The van der Waals surface area contributed by atoms with E-state index in [1.165, 1.54) is 6.07 Å². The Labute approximate surface area is 183 Å². The number of nitro groups is 1. The predicted molar refractivity (Wildman–Crippen MR) is 119 cm³/mol. The number of nitro benzene ring substituents is 1. The van der Waals surface area contributed by atoms with E-state index in [1.807, 2.05) is 28.8 Å². The molecule has 0 N–H and O–H groups in total. The Bertz CT molecular complexity index is 1430. The first kappa shape index (κ1) is 19.0. The summed E-state index contributed by atoms with van der Waals surface area (Å²) in [5.41, 5.74) is 1.68. The minimum Gasteiger partial charge on any atom is -0.463 e. The van der Waals surface area contributed by atoms with E-state index in [1.54, 1.807) is 48.9 Å². The van der Waals surface area contributed by atoms with E-state index in [0.29, 0.717) is 40.0 Å². The number of aliphatic imine (C=N–C) groups is 1. The highest BCUT2D eigenvalue weighted by Crippen LogP contribution is 2.33. The van der Waals surface area contributed by atoms with Gasteiger partial charge in [0.05, 0.1) is 23.0 Å². The number of hydrogen-bond donors (Lipinski definition) is 0. The van der Waals surface area contributed by atoms with Crippen molar-refractivity contribution in [3.05, 3.63) is 93.5 Å². The molecule has 4 aromatic heterocycles. The number of furan rings is 2. The van der Waals surface area contributed by atoms with E-state index >= 15 is 0 Å². The number of para-hydroxylation sites is 1. The van der Waals surface area contributed by atoms with Crippen molar-refractivity contribution in [2.75, 3.05) is 0 Å². The molecule has 152 valence electrons. The van der Waals surface area contributed by atoms with Crippen LogP contribution in [0.25, 0.3) is 28.4 Å². The zero-order chi connectivity index (χ0) is 21.4. The first-order chi connectivity index (χ1) is 15.1. The molecule has 0 saturated heterocycles. The van der Waals surface area contributed by atoms with E-state index < -0.39 is 4.92 Å². The van der Waals surface area contributed by atoms with E-state index in [9.17, 15) is 10.1 Å². The van der Waals surface area contributed by atoms with Crippen molar-refractivity contribution in [3.8, 4) is 22.8 Å². The second kappa shape index (κ2) is 7.69. The highest BCUT2D eigenvalue weighted by Gasteiger charge is 2.18. The molecule has 0 atom stereocenters. The molecule has 31 heavy (non-hydrogen) atoms. The Morgan fingerprint density at radius 1 is 1.06 bits per heavy atom. The highest BCUT2D eigenvalue weighted by molar-refractivity contribution is 9.10. The summed E-state index contributed by atoms with van der Waals surface area (Å²) in [5.74, 6) is 1.99. The molecule has 0 fully saturated rings. The fraction of sp³-hybridized carbons (Fsp3) is 0. The molecule has 5 aromatic rings. The van der Waals surface area contributed by atoms with Crippen molar-refractivity contribution in [1.29, 1.82) is 0 Å². The van der Waals surface area contributed by atoms with Crippen LogP contribution in [0.2, 0.25) is 0 Å². The van der Waals surface area contributed by atoms with Crippen LogP contribution in [0.1, 0.15) is 5.76 Å². The molecule has 0 unspecified atom stereocenters. The number of fused-ring (bicyclic) bond motifs is 1. The van der Waals surface area contributed by atoms with Crippen LogP contribution in [0.3, 0.4) is 0 Å². The van der Waals surface area contributed by atoms with Crippen LogP contribution in [-0.2, 0) is 0 Å². The second-order valence-corrected chi connectivity index (χ2v) is 7.49. The molecule has 0 bridgehead atoms. The van der Waals surface area contributed by atoms with Gasteiger partial charge in [0.15, 0.2) is 17.3 Å². The number of benzene rings is 1. The maximum Gasteiger partial charge on any atom is 0.280 e. The molecule has 0 saturated carbocycles. The predicted octanol–water partition coefficient (Wildman–Crippen LogP) is 6.28. The zero-order valence-corrected chi connectivity index (χ0v) is 17.4. The van der Waals surface area contributed by atoms with Crippen LogP contribution in [-0.4, -0.2) is 20.5 Å². The van der Waals surface area contributed by atoms with Gasteiger partial charge in [-0.05, 0) is 58.4 Å². The van der Waals surface area contributed by atoms with Gasteiger partial charge in [0.25, 0.3) is 5.69 Å². The molecular weight excluding hydrogens is 464 g/mol. The summed E-state index contributed by atoms with van der Waals surface area (Å²) >= 11 is 3.47. The van der Waals surface area contributed by atoms with Gasteiger partial charge in [-0.15, -0.1) is 0 Å². The minimum absolute atomic E-state index is 0.0212. The average Bonchev–Trinajstić information content (AvgIpc) is 3.51. The van der Waals surface area contributed by atoms with E-state index in [4.69, 9.17) is 8.83 Å². The number of rotatable bonds is 5. The van der Waals surface area contributed by atoms with Crippen molar-refractivity contribution < 1.29 is 13.8 Å². The van der Waals surface area contributed by atoms with Crippen molar-refractivity contribution >= 4 is 39.3 Å². The molecule has 0 radical (unpaired) electrons. The summed E-state index contributed by atoms with van der Waals surface area (Å²) in [6, 6.07) is 17.2. The quantitative estimate of drug-likeness (QED) is 0.169. The number of imidazole rings is 1. The molecule has 0 aliphatic carbocycles. The Morgan fingerprint density at radius 2 is 1.94 bits per heavy atom. The molecule has 0 spiro atoms. The number of hydrogen-bond acceptors (Lipinski definition) is 6. The van der Waals surface area contributed by atoms with E-state index in [0.717, 1.165) is 4.47 Å². The van der Waals surface area contributed by atoms with Crippen molar-refractivity contribution in [3.63, 3.8) is 0 Å². The summed E-state index contributed by atoms with van der Waals surface area (Å²) in [6.45, 7) is 0. The third-order valence-corrected chi connectivity index (χ3v) is 5.09. The Balaban J connectivity index is 1.56. The van der Waals surface area contributed by atoms with Gasteiger partial charge in [0.1, 0.15) is 17.2 Å². The fourth-order valence-electron chi connectivity index (χ4n) is 3.24. The van der Waals surface area contributed by atoms with Crippen molar-refractivity contribution in [1.82, 2.24) is 9.38 Å². The molecule has 9 heteroatoms. The number of aromatic nitrogens is 2. The first-order valence-corrected chi connectivity index (χ1v) is 9.98. The zero-order valence-electron chi connectivity index (χ0n) is 15.8. The molecule has 8 nitrogen and oxygen atoms in total. The molecule has 0 aliphatic rings. The number of nitrogens with zero attached hydrogens (tertiary/aromatic N) is 4. The maximum atomic E-state index is 11.3. The maximum absolute atomic E-state index is 11.3. The second-order valence-electron chi connectivity index (χ2n) is 6.57. The van der Waals surface area contributed by atoms with Crippen LogP contribution in [0.5, 0.6) is 0 Å². The van der Waals surface area contributed by atoms with Gasteiger partial charge in [-0.25, -0.2) is 9.98 Å². The Morgan fingerprint density at radius 3 is 2.74 bits per heavy atom. The summed E-state index contributed by atoms with van der Waals surface area (Å²) in [5, 5.41) is 11.3. The average molecular weight is 477 g/mol. The van der Waals surface area contributed by atoms with Gasteiger partial charge in [-0.1, -0.05) is 12.1 Å². The topological polar surface area (TPSA) is 99.1 Å². The van der Waals surface area contributed by atoms with E-state index in [-0.39, 0.29) is 5.69 Å². The number of halogens is 1. The highest BCUT2D eigenvalue weighted by atomic mass is 79.9. The third-order valence-electron chi connectivity index (χ3n) is 4.62. The summed E-state index contributed by atoms with van der Waals surface area (Å²) < 4.78 is 14.0. The molecule has 0 aliphatic heterocycles. The first-order valence-electron chi connectivity index (χ1n) is 9.19. The smallest absolute Gasteiger partial charge is 0.280 e. The minimum atomic E-state index is -0.433. The van der Waals surface area contributed by atoms with Gasteiger partial charge in [0.2, 0.25) is 0 Å². The van der Waals surface area contributed by atoms with Crippen LogP contribution < -0.4 is 0 Å². The lowest BCUT2D eigenvalue weighted by molar-refractivity contribution is -0.384. The molecule has 4 heterocycles. The van der Waals surface area contributed by atoms with Gasteiger partial charge in [-0.3, -0.25) is 14.5 Å². The van der Waals surface area contributed by atoms with Gasteiger partial charge < -0.3 is 8.83 Å². The Hall–Kier alpha value is -3.98. The van der Waals surface area contributed by atoms with Crippen molar-refractivity contribution in [2.24, 2.45) is 4.99 Å². The molecular formula is C22H13BrN4O4. The summed E-state index contributed by atoms with van der Waals surface area (Å²) in [6.07, 6.45) is 4.99. The van der Waals surface area contributed by atoms with Gasteiger partial charge >= 0.3 is 0 Å². The lowest BCUT2D eigenvalue weighted by atomic mass is 10.1. The van der Waals surface area contributed by atoms with Gasteiger partial charge in [-0.2, -0.15) is 0 Å². The van der Waals surface area contributed by atoms with Crippen LogP contribution in [0.15, 0.2) is 91.4 Å². The van der Waals surface area contributed by atoms with Crippen molar-refractivity contribution in [2.45, 2.75) is 0 Å². The SMILES string of the molecule is O=[N+]([O-])c1ccccc1-c1ccc(C=Nc2c(-c3ccco3)nc3ccc(Br)cn23)o1. The third kappa shape index (κ3) is 3.55. The Kier molecular flexibility index (Phi) is 4.72. The molecule has 0 amide bonds. The normalized spacial score (nSPS) is 11.5. The largest absolute Gasteiger partial charge is 0.463 e. The standard InChI is InChI=1S/C22H13BrN4O4/c23-14-7-10-20-25-21(19-6-3-11-30-19)22(26(20)13-14)24-12-15-8-9-18(31-15)16-4-1-2-5-17(16)27(28)29/h1-13H. The van der Waals surface area contributed by atoms with Crippen LogP contribution in [0, 0.1) is 10.1 Å². The fourth-order valence-corrected chi connectivity index (χ4v) is 3.58. The van der Waals surface area contributed by atoms with Crippen LogP contribution >= 0.6 is 15.9 Å². The molecule has 1 aromatic carbocycles. The lowest BCUT2D eigenvalue weighted by Gasteiger charge is -1.99. The summed E-state index contributed by atoms with van der Waals surface area (Å²) in [7, 11) is 0. The molecule has 5 rings (SSSR count).